The molecule has 1 aromatic heterocycles. The Bertz CT molecular complexity index is 299. The molecule has 16 heavy (non-hydrogen) atoms. The normalized spacial score (nSPS) is 13.3. The number of nitrogens with zero attached hydrogens (tertiary/aromatic N) is 1. The minimum Gasteiger partial charge on any atom is -0.309 e. The van der Waals surface area contributed by atoms with Gasteiger partial charge in [-0.15, -0.1) is 11.3 Å². The molecule has 2 nitrogen and oxygen atoms in total. The van der Waals surface area contributed by atoms with E-state index in [1.165, 1.54) is 15.8 Å². The number of hydrogen-bond donors (Lipinski definition) is 1. The molecule has 0 spiro atoms. The van der Waals surface area contributed by atoms with Crippen molar-refractivity contribution in [1.82, 2.24) is 10.2 Å². The van der Waals surface area contributed by atoms with E-state index < -0.39 is 0 Å². The summed E-state index contributed by atoms with van der Waals surface area (Å²) in [5.74, 6) is 0. The third kappa shape index (κ3) is 4.53. The van der Waals surface area contributed by atoms with Crippen LogP contribution in [-0.2, 0) is 0 Å². The van der Waals surface area contributed by atoms with E-state index in [9.17, 15) is 0 Å². The highest BCUT2D eigenvalue weighted by Crippen LogP contribution is 2.30. The van der Waals surface area contributed by atoms with Crippen molar-refractivity contribution in [2.45, 2.75) is 25.8 Å². The van der Waals surface area contributed by atoms with Crippen LogP contribution >= 0.6 is 27.3 Å². The molecule has 0 aliphatic heterocycles. The first-order valence-corrected chi connectivity index (χ1v) is 7.43. The number of rotatable bonds is 7. The fourth-order valence-corrected chi connectivity index (χ4v) is 3.35. The van der Waals surface area contributed by atoms with Crippen molar-refractivity contribution >= 4 is 27.3 Å². The fourth-order valence-electron chi connectivity index (χ4n) is 1.59. The van der Waals surface area contributed by atoms with Gasteiger partial charge in [0, 0.05) is 15.4 Å². The Labute approximate surface area is 111 Å². The van der Waals surface area contributed by atoms with Gasteiger partial charge in [-0.3, -0.25) is 0 Å². The lowest BCUT2D eigenvalue weighted by Crippen LogP contribution is -2.25. The van der Waals surface area contributed by atoms with E-state index in [-0.39, 0.29) is 0 Å². The molecule has 0 radical (unpaired) electrons. The molecule has 0 aromatic carbocycles. The first kappa shape index (κ1) is 14.2. The van der Waals surface area contributed by atoms with E-state index in [0.29, 0.717) is 6.04 Å². The fraction of sp³-hybridized carbons (Fsp3) is 0.667. The summed E-state index contributed by atoms with van der Waals surface area (Å²) in [7, 11) is 4.25. The lowest BCUT2D eigenvalue weighted by Gasteiger charge is -2.20. The summed E-state index contributed by atoms with van der Waals surface area (Å²) in [5, 5.41) is 5.77. The molecule has 0 bridgehead atoms. The molecule has 4 heteroatoms. The van der Waals surface area contributed by atoms with E-state index in [0.717, 1.165) is 19.5 Å². The monoisotopic (exact) mass is 304 g/mol. The van der Waals surface area contributed by atoms with Gasteiger partial charge in [0.25, 0.3) is 0 Å². The SMILES string of the molecule is CCCNC(CCN(C)C)c1sccc1Br. The molecule has 1 heterocycles. The largest absolute Gasteiger partial charge is 0.309 e. The van der Waals surface area contributed by atoms with E-state index in [2.05, 4.69) is 58.6 Å². The third-order valence-corrected chi connectivity index (χ3v) is 4.45. The van der Waals surface area contributed by atoms with Gasteiger partial charge in [0.05, 0.1) is 0 Å². The van der Waals surface area contributed by atoms with Crippen molar-refractivity contribution in [1.29, 1.82) is 0 Å². The summed E-state index contributed by atoms with van der Waals surface area (Å²) in [5.41, 5.74) is 0. The summed E-state index contributed by atoms with van der Waals surface area (Å²) < 4.78 is 1.24. The molecular formula is C12H21BrN2S. The van der Waals surface area contributed by atoms with Gasteiger partial charge < -0.3 is 10.2 Å². The molecule has 1 rings (SSSR count). The topological polar surface area (TPSA) is 15.3 Å². The van der Waals surface area contributed by atoms with E-state index in [1.807, 2.05) is 11.3 Å². The summed E-state index contributed by atoms with van der Waals surface area (Å²) >= 11 is 5.45. The predicted octanol–water partition coefficient (Wildman–Crippen LogP) is 3.50. The number of nitrogens with one attached hydrogen (secondary N) is 1. The van der Waals surface area contributed by atoms with Gasteiger partial charge in [-0.1, -0.05) is 6.92 Å². The van der Waals surface area contributed by atoms with Crippen LogP contribution in [0.1, 0.15) is 30.7 Å². The Morgan fingerprint density at radius 3 is 2.75 bits per heavy atom. The molecule has 0 amide bonds. The first-order valence-electron chi connectivity index (χ1n) is 5.76. The molecule has 1 unspecified atom stereocenters. The van der Waals surface area contributed by atoms with Crippen LogP contribution in [0.4, 0.5) is 0 Å². The predicted molar refractivity (Wildman–Crippen MR) is 76.2 cm³/mol. The average molecular weight is 305 g/mol. The quantitative estimate of drug-likeness (QED) is 0.829. The van der Waals surface area contributed by atoms with E-state index >= 15 is 0 Å². The van der Waals surface area contributed by atoms with Crippen LogP contribution in [-0.4, -0.2) is 32.1 Å². The van der Waals surface area contributed by atoms with Crippen LogP contribution in [0.3, 0.4) is 0 Å². The number of thiophene rings is 1. The van der Waals surface area contributed by atoms with Crippen molar-refractivity contribution in [2.75, 3.05) is 27.2 Å². The molecule has 1 aromatic rings. The second-order valence-electron chi connectivity index (χ2n) is 4.23. The van der Waals surface area contributed by atoms with Gasteiger partial charge in [0.1, 0.15) is 0 Å². The summed E-state index contributed by atoms with van der Waals surface area (Å²) in [6.07, 6.45) is 2.34. The zero-order chi connectivity index (χ0) is 12.0. The molecule has 0 saturated carbocycles. The van der Waals surface area contributed by atoms with Crippen LogP contribution in [0.2, 0.25) is 0 Å². The van der Waals surface area contributed by atoms with Crippen molar-refractivity contribution in [3.63, 3.8) is 0 Å². The van der Waals surface area contributed by atoms with E-state index in [1.54, 1.807) is 0 Å². The van der Waals surface area contributed by atoms with Gasteiger partial charge in [-0.25, -0.2) is 0 Å². The van der Waals surface area contributed by atoms with Crippen molar-refractivity contribution in [3.05, 3.63) is 20.8 Å². The average Bonchev–Trinajstić information content (AvgIpc) is 2.65. The highest BCUT2D eigenvalue weighted by Gasteiger charge is 2.15. The van der Waals surface area contributed by atoms with Crippen LogP contribution in [0, 0.1) is 0 Å². The molecule has 0 fully saturated rings. The van der Waals surface area contributed by atoms with Gasteiger partial charge in [-0.05, 0) is 67.4 Å². The second kappa shape index (κ2) is 7.43. The molecule has 92 valence electrons. The molecular weight excluding hydrogens is 284 g/mol. The van der Waals surface area contributed by atoms with Crippen LogP contribution in [0.25, 0.3) is 0 Å². The second-order valence-corrected chi connectivity index (χ2v) is 6.03. The lowest BCUT2D eigenvalue weighted by atomic mass is 10.1. The molecule has 1 N–H and O–H groups in total. The van der Waals surface area contributed by atoms with Gasteiger partial charge >= 0.3 is 0 Å². The number of hydrogen-bond acceptors (Lipinski definition) is 3. The Morgan fingerprint density at radius 1 is 1.50 bits per heavy atom. The highest BCUT2D eigenvalue weighted by molar-refractivity contribution is 9.10. The Morgan fingerprint density at radius 2 is 2.25 bits per heavy atom. The summed E-state index contributed by atoms with van der Waals surface area (Å²) in [4.78, 5) is 3.66. The van der Waals surface area contributed by atoms with Gasteiger partial charge in [-0.2, -0.15) is 0 Å². The molecule has 1 atom stereocenters. The lowest BCUT2D eigenvalue weighted by molar-refractivity contribution is 0.362. The summed E-state index contributed by atoms with van der Waals surface area (Å²) in [6.45, 7) is 4.41. The Hall–Kier alpha value is 0.100. The Balaban J connectivity index is 2.60. The highest BCUT2D eigenvalue weighted by atomic mass is 79.9. The van der Waals surface area contributed by atoms with Crippen molar-refractivity contribution in [3.8, 4) is 0 Å². The maximum Gasteiger partial charge on any atom is 0.0438 e. The third-order valence-electron chi connectivity index (χ3n) is 2.47. The van der Waals surface area contributed by atoms with Crippen molar-refractivity contribution in [2.24, 2.45) is 0 Å². The smallest absolute Gasteiger partial charge is 0.0438 e. The minimum absolute atomic E-state index is 0.483. The van der Waals surface area contributed by atoms with Gasteiger partial charge in [0.2, 0.25) is 0 Å². The van der Waals surface area contributed by atoms with Crippen LogP contribution in [0.15, 0.2) is 15.9 Å². The van der Waals surface area contributed by atoms with E-state index in [4.69, 9.17) is 0 Å². The molecule has 0 aliphatic rings. The maximum atomic E-state index is 3.62. The van der Waals surface area contributed by atoms with Gasteiger partial charge in [0.15, 0.2) is 0 Å². The molecule has 0 saturated heterocycles. The number of halogens is 1. The zero-order valence-electron chi connectivity index (χ0n) is 10.3. The van der Waals surface area contributed by atoms with Crippen molar-refractivity contribution < 1.29 is 0 Å². The minimum atomic E-state index is 0.483. The zero-order valence-corrected chi connectivity index (χ0v) is 12.7. The standard InChI is InChI=1S/C12H21BrN2S/c1-4-7-14-11(5-8-15(2)3)12-10(13)6-9-16-12/h6,9,11,14H,4-5,7-8H2,1-3H3. The Kier molecular flexibility index (Phi) is 6.58. The van der Waals surface area contributed by atoms with Crippen LogP contribution in [0.5, 0.6) is 0 Å². The summed E-state index contributed by atoms with van der Waals surface area (Å²) in [6, 6.07) is 2.62. The van der Waals surface area contributed by atoms with Crippen LogP contribution < -0.4 is 5.32 Å². The maximum absolute atomic E-state index is 3.62. The molecule has 0 aliphatic carbocycles. The first-order chi connectivity index (χ1) is 7.65.